The van der Waals surface area contributed by atoms with E-state index in [9.17, 15) is 14.4 Å². The van der Waals surface area contributed by atoms with Crippen molar-refractivity contribution < 1.29 is 23.9 Å². The molecule has 1 heterocycles. The second kappa shape index (κ2) is 10.8. The van der Waals surface area contributed by atoms with Gasteiger partial charge in [0.15, 0.2) is 5.78 Å². The van der Waals surface area contributed by atoms with Crippen LogP contribution >= 0.6 is 6.89 Å². The molecule has 38 heavy (non-hydrogen) atoms. The lowest BCUT2D eigenvalue weighted by molar-refractivity contribution is -0.125. The van der Waals surface area contributed by atoms with Gasteiger partial charge in [0.2, 0.25) is 0 Å². The summed E-state index contributed by atoms with van der Waals surface area (Å²) < 4.78 is 11.2. The van der Waals surface area contributed by atoms with Gasteiger partial charge in [0.1, 0.15) is 23.0 Å². The first kappa shape index (κ1) is 27.2. The Balaban J connectivity index is 2.04. The third-order valence-corrected chi connectivity index (χ3v) is 10.3. The topological polar surface area (TPSA) is 72.9 Å². The predicted octanol–water partition coefficient (Wildman–Crippen LogP) is 4.42. The fourth-order valence-electron chi connectivity index (χ4n) is 4.56. The molecule has 0 radical (unpaired) electrons. The Hall–Kier alpha value is -3.89. The number of nitrogens with zero attached hydrogens (tertiary/aromatic N) is 1. The average Bonchev–Trinajstić information content (AvgIpc) is 3.13. The minimum absolute atomic E-state index is 0.141. The number of allylic oxidation sites excluding steroid dienone is 1. The van der Waals surface area contributed by atoms with Crippen LogP contribution in [-0.2, 0) is 19.1 Å². The lowest BCUT2D eigenvalue weighted by Gasteiger charge is -2.29. The number of Topliss-reactive ketones (excluding diaryl/α,β-unsaturated/α-hetero) is 1. The van der Waals surface area contributed by atoms with Crippen LogP contribution in [0.4, 0.5) is 4.79 Å². The van der Waals surface area contributed by atoms with E-state index in [-0.39, 0.29) is 11.3 Å². The SMILES string of the molecule is CO/C(C=P(c1ccccc1)(c1ccccc1)c1ccccc1)=C1\C(=O)[C@H](C)N(C(=O)OC(C)(C)C)C1=O. The number of hydrogen-bond donors (Lipinski definition) is 0. The van der Waals surface area contributed by atoms with Gasteiger partial charge in [-0.3, -0.25) is 9.59 Å². The number of carbonyl (C=O) groups is 3. The van der Waals surface area contributed by atoms with Gasteiger partial charge >= 0.3 is 6.09 Å². The fourth-order valence-corrected chi connectivity index (χ4v) is 8.42. The van der Waals surface area contributed by atoms with E-state index in [0.717, 1.165) is 20.8 Å². The molecule has 1 aliphatic heterocycles. The summed E-state index contributed by atoms with van der Waals surface area (Å²) in [6.07, 6.45) is -0.857. The van der Waals surface area contributed by atoms with Gasteiger partial charge in [0.05, 0.1) is 7.11 Å². The number of carbonyl (C=O) groups excluding carboxylic acids is 3. The van der Waals surface area contributed by atoms with E-state index >= 15 is 0 Å². The Bertz CT molecular complexity index is 1320. The average molecular weight is 530 g/mol. The minimum atomic E-state index is -2.58. The highest BCUT2D eigenvalue weighted by atomic mass is 31.2. The molecule has 2 amide bonds. The summed E-state index contributed by atoms with van der Waals surface area (Å²) in [5.41, 5.74) is -0.977. The molecular formula is C31H32NO5P. The Labute approximate surface area is 223 Å². The molecule has 0 bridgehead atoms. The Morgan fingerprint density at radius 2 is 1.24 bits per heavy atom. The first-order valence-corrected chi connectivity index (χ1v) is 14.3. The van der Waals surface area contributed by atoms with Crippen LogP contribution in [0.3, 0.4) is 0 Å². The van der Waals surface area contributed by atoms with E-state index in [1.165, 1.54) is 14.0 Å². The highest BCUT2D eigenvalue weighted by molar-refractivity contribution is 7.94. The Morgan fingerprint density at radius 1 is 0.816 bits per heavy atom. The van der Waals surface area contributed by atoms with E-state index in [4.69, 9.17) is 9.47 Å². The zero-order chi connectivity index (χ0) is 27.5. The summed E-state index contributed by atoms with van der Waals surface area (Å²) in [6, 6.07) is 29.0. The standard InChI is InChI=1S/C31H32NO5P/c1-22-28(33)27(29(34)32(22)30(35)37-31(2,3)4)26(36-5)21-38(23-15-9-6-10-16-23,24-17-11-7-12-18-24)25-19-13-8-14-20-25/h6-22H,1-5H3/b27-26+/t22-/m0/s1. The van der Waals surface area contributed by atoms with E-state index in [0.29, 0.717) is 0 Å². The Morgan fingerprint density at radius 3 is 1.61 bits per heavy atom. The summed E-state index contributed by atoms with van der Waals surface area (Å²) >= 11 is 0. The lowest BCUT2D eigenvalue weighted by Crippen LogP contribution is -2.42. The van der Waals surface area contributed by atoms with Crippen molar-refractivity contribution in [2.45, 2.75) is 39.3 Å². The van der Waals surface area contributed by atoms with Crippen LogP contribution in [0.1, 0.15) is 27.7 Å². The summed E-state index contributed by atoms with van der Waals surface area (Å²) in [6.45, 7) is 4.08. The number of amides is 2. The molecule has 3 aromatic rings. The van der Waals surface area contributed by atoms with Crippen molar-refractivity contribution in [2.24, 2.45) is 0 Å². The summed E-state index contributed by atoms with van der Waals surface area (Å²) in [5, 5.41) is 3.09. The number of likely N-dealkylation sites (tertiary alicyclic amines) is 1. The molecule has 0 unspecified atom stereocenters. The third-order valence-electron chi connectivity index (χ3n) is 6.30. The largest absolute Gasteiger partial charge is 0.496 e. The van der Waals surface area contributed by atoms with Crippen molar-refractivity contribution >= 4 is 46.4 Å². The fraction of sp³-hybridized carbons (Fsp3) is 0.226. The number of ketones is 1. The predicted molar refractivity (Wildman–Crippen MR) is 153 cm³/mol. The highest BCUT2D eigenvalue weighted by Crippen LogP contribution is 2.45. The summed E-state index contributed by atoms with van der Waals surface area (Å²) in [5.74, 6) is 0.852. The van der Waals surface area contributed by atoms with Crippen LogP contribution in [-0.4, -0.2) is 47.2 Å². The van der Waals surface area contributed by atoms with E-state index in [1.807, 2.05) is 60.4 Å². The van der Waals surface area contributed by atoms with Crippen LogP contribution in [0, 0.1) is 0 Å². The molecule has 1 saturated heterocycles. The number of imide groups is 1. The molecule has 6 nitrogen and oxygen atoms in total. The van der Waals surface area contributed by atoms with Crippen molar-refractivity contribution in [2.75, 3.05) is 7.11 Å². The monoisotopic (exact) mass is 529 g/mol. The van der Waals surface area contributed by atoms with Crippen molar-refractivity contribution in [3.05, 3.63) is 102 Å². The van der Waals surface area contributed by atoms with E-state index in [2.05, 4.69) is 36.4 Å². The first-order valence-electron chi connectivity index (χ1n) is 12.4. The van der Waals surface area contributed by atoms with Crippen LogP contribution in [0.2, 0.25) is 0 Å². The van der Waals surface area contributed by atoms with Crippen LogP contribution < -0.4 is 15.9 Å². The maximum atomic E-state index is 13.6. The summed E-state index contributed by atoms with van der Waals surface area (Å²) in [4.78, 5) is 40.9. The van der Waals surface area contributed by atoms with Gasteiger partial charge in [-0.1, -0.05) is 91.0 Å². The van der Waals surface area contributed by atoms with E-state index in [1.54, 1.807) is 20.8 Å². The van der Waals surface area contributed by atoms with Gasteiger partial charge in [-0.05, 0) is 56.3 Å². The molecular weight excluding hydrogens is 497 g/mol. The molecule has 3 aromatic carbocycles. The highest BCUT2D eigenvalue weighted by Gasteiger charge is 2.48. The molecule has 0 aliphatic carbocycles. The molecule has 0 N–H and O–H groups in total. The maximum absolute atomic E-state index is 13.6. The number of rotatable bonds is 5. The maximum Gasteiger partial charge on any atom is 0.418 e. The second-order valence-corrected chi connectivity index (χ2v) is 13.3. The number of hydrogen-bond acceptors (Lipinski definition) is 5. The first-order chi connectivity index (χ1) is 18.1. The zero-order valence-corrected chi connectivity index (χ0v) is 23.1. The summed E-state index contributed by atoms with van der Waals surface area (Å²) in [7, 11) is 1.44. The van der Waals surface area contributed by atoms with Gasteiger partial charge in [0, 0.05) is 0 Å². The van der Waals surface area contributed by atoms with Gasteiger partial charge in [-0.2, -0.15) is 0 Å². The lowest BCUT2D eigenvalue weighted by atomic mass is 10.1. The van der Waals surface area contributed by atoms with Crippen molar-refractivity contribution in [1.82, 2.24) is 4.90 Å². The quantitative estimate of drug-likeness (QED) is 0.212. The molecule has 1 fully saturated rings. The van der Waals surface area contributed by atoms with Gasteiger partial charge in [0.25, 0.3) is 5.91 Å². The normalized spacial score (nSPS) is 17.3. The molecule has 4 rings (SSSR count). The molecule has 1 aliphatic rings. The van der Waals surface area contributed by atoms with Crippen LogP contribution in [0.5, 0.6) is 0 Å². The van der Waals surface area contributed by atoms with Gasteiger partial charge in [-0.15, -0.1) is 0 Å². The molecule has 0 spiro atoms. The number of benzene rings is 3. The molecule has 0 aromatic heterocycles. The van der Waals surface area contributed by atoms with E-state index < -0.39 is 36.3 Å². The van der Waals surface area contributed by atoms with Crippen molar-refractivity contribution in [3.63, 3.8) is 0 Å². The van der Waals surface area contributed by atoms with Crippen LogP contribution in [0.25, 0.3) is 0 Å². The molecule has 1 atom stereocenters. The Kier molecular flexibility index (Phi) is 7.75. The van der Waals surface area contributed by atoms with Crippen molar-refractivity contribution in [3.8, 4) is 0 Å². The van der Waals surface area contributed by atoms with Crippen molar-refractivity contribution in [1.29, 1.82) is 0 Å². The second-order valence-electron chi connectivity index (χ2n) is 10.00. The van der Waals surface area contributed by atoms with Crippen LogP contribution in [0.15, 0.2) is 102 Å². The third kappa shape index (κ3) is 5.09. The van der Waals surface area contributed by atoms with Gasteiger partial charge in [-0.25, -0.2) is 9.69 Å². The number of ether oxygens (including phenoxy) is 2. The number of methoxy groups -OCH3 is 1. The molecule has 7 heteroatoms. The zero-order valence-electron chi connectivity index (χ0n) is 22.3. The minimum Gasteiger partial charge on any atom is -0.496 e. The van der Waals surface area contributed by atoms with Gasteiger partial charge < -0.3 is 9.47 Å². The molecule has 196 valence electrons. The smallest absolute Gasteiger partial charge is 0.418 e. The molecule has 0 saturated carbocycles.